The molecular weight excluding hydrogens is 242 g/mol. The molecule has 4 heteroatoms. The molecule has 2 fully saturated rings. The van der Waals surface area contributed by atoms with Gasteiger partial charge in [0.05, 0.1) is 11.8 Å². The fourth-order valence-electron chi connectivity index (χ4n) is 4.06. The number of carboxylic acid groups (broad SMARTS) is 1. The standard InChI is InChI=1S/C15H21NO3/c17-14(16-11-4-2-1-3-5-11)12-9-6-7-10(8-9)13(12)15(18)19/h6-7,9-13H,1-5,8H2,(H,16,17)(H,18,19)/t9-,10-,12+,13-/m0/s1. The van der Waals surface area contributed by atoms with Crippen molar-refractivity contribution in [2.75, 3.05) is 0 Å². The summed E-state index contributed by atoms with van der Waals surface area (Å²) in [6.45, 7) is 0. The lowest BCUT2D eigenvalue weighted by atomic mass is 9.82. The summed E-state index contributed by atoms with van der Waals surface area (Å²) < 4.78 is 0. The third kappa shape index (κ3) is 2.28. The van der Waals surface area contributed by atoms with E-state index in [1.165, 1.54) is 19.3 Å². The number of aliphatic carboxylic acids is 1. The number of carbonyl (C=O) groups excluding carboxylic acids is 1. The molecule has 0 heterocycles. The summed E-state index contributed by atoms with van der Waals surface area (Å²) in [5, 5.41) is 12.4. The zero-order chi connectivity index (χ0) is 13.4. The molecule has 0 spiro atoms. The Morgan fingerprint density at radius 1 is 1.00 bits per heavy atom. The Hall–Kier alpha value is -1.32. The van der Waals surface area contributed by atoms with E-state index in [2.05, 4.69) is 5.32 Å². The van der Waals surface area contributed by atoms with Crippen molar-refractivity contribution >= 4 is 11.9 Å². The molecule has 0 aliphatic heterocycles. The molecule has 0 aromatic carbocycles. The van der Waals surface area contributed by atoms with Gasteiger partial charge >= 0.3 is 5.97 Å². The van der Waals surface area contributed by atoms with E-state index in [1.807, 2.05) is 12.2 Å². The van der Waals surface area contributed by atoms with Gasteiger partial charge in [0.15, 0.2) is 0 Å². The summed E-state index contributed by atoms with van der Waals surface area (Å²) in [6, 6.07) is 0.263. The molecule has 3 aliphatic carbocycles. The Morgan fingerprint density at radius 2 is 1.63 bits per heavy atom. The number of rotatable bonds is 3. The van der Waals surface area contributed by atoms with Crippen molar-refractivity contribution in [3.05, 3.63) is 12.2 Å². The number of amides is 1. The maximum atomic E-state index is 12.4. The Balaban J connectivity index is 1.68. The average molecular weight is 263 g/mol. The average Bonchev–Trinajstić information content (AvgIpc) is 2.99. The van der Waals surface area contributed by atoms with Crippen LogP contribution in [0.2, 0.25) is 0 Å². The van der Waals surface area contributed by atoms with Crippen LogP contribution < -0.4 is 5.32 Å². The summed E-state index contributed by atoms with van der Waals surface area (Å²) in [6.07, 6.45) is 10.5. The first-order valence-corrected chi connectivity index (χ1v) is 7.38. The number of hydrogen-bond donors (Lipinski definition) is 2. The summed E-state index contributed by atoms with van der Waals surface area (Å²) in [5.41, 5.74) is 0. The van der Waals surface area contributed by atoms with Crippen molar-refractivity contribution < 1.29 is 14.7 Å². The SMILES string of the molecule is O=C(O)[C@@H]1[C@H](C(=O)NC2CCCCC2)[C@H]2C=C[C@H]1C2. The van der Waals surface area contributed by atoms with Crippen LogP contribution in [0.1, 0.15) is 38.5 Å². The summed E-state index contributed by atoms with van der Waals surface area (Å²) in [4.78, 5) is 23.8. The zero-order valence-corrected chi connectivity index (χ0v) is 11.0. The van der Waals surface area contributed by atoms with Gasteiger partial charge in [-0.05, 0) is 31.1 Å². The van der Waals surface area contributed by atoms with Crippen LogP contribution in [-0.2, 0) is 9.59 Å². The van der Waals surface area contributed by atoms with Crippen LogP contribution in [0.15, 0.2) is 12.2 Å². The minimum Gasteiger partial charge on any atom is -0.481 e. The number of carbonyl (C=O) groups is 2. The normalized spacial score (nSPS) is 37.5. The fourth-order valence-corrected chi connectivity index (χ4v) is 4.06. The van der Waals surface area contributed by atoms with Crippen molar-refractivity contribution in [1.29, 1.82) is 0 Å². The number of hydrogen-bond acceptors (Lipinski definition) is 2. The van der Waals surface area contributed by atoms with Crippen molar-refractivity contribution in [3.63, 3.8) is 0 Å². The van der Waals surface area contributed by atoms with E-state index in [0.717, 1.165) is 19.3 Å². The van der Waals surface area contributed by atoms with E-state index in [1.54, 1.807) is 0 Å². The molecule has 4 atom stereocenters. The maximum Gasteiger partial charge on any atom is 0.307 e. The molecule has 19 heavy (non-hydrogen) atoms. The van der Waals surface area contributed by atoms with Crippen molar-refractivity contribution in [2.24, 2.45) is 23.7 Å². The highest BCUT2D eigenvalue weighted by atomic mass is 16.4. The fraction of sp³-hybridized carbons (Fsp3) is 0.733. The zero-order valence-electron chi connectivity index (χ0n) is 11.0. The number of nitrogens with one attached hydrogen (secondary N) is 1. The molecule has 2 N–H and O–H groups in total. The van der Waals surface area contributed by atoms with Gasteiger partial charge < -0.3 is 10.4 Å². The van der Waals surface area contributed by atoms with Crippen LogP contribution in [-0.4, -0.2) is 23.0 Å². The van der Waals surface area contributed by atoms with E-state index in [9.17, 15) is 14.7 Å². The van der Waals surface area contributed by atoms with Gasteiger partial charge in [-0.25, -0.2) is 0 Å². The Bertz CT molecular complexity index is 412. The molecule has 0 unspecified atom stereocenters. The van der Waals surface area contributed by atoms with Gasteiger partial charge in [0, 0.05) is 6.04 Å². The van der Waals surface area contributed by atoms with Crippen LogP contribution in [0.4, 0.5) is 0 Å². The minimum atomic E-state index is -0.819. The van der Waals surface area contributed by atoms with E-state index in [4.69, 9.17) is 0 Å². The molecule has 104 valence electrons. The summed E-state index contributed by atoms with van der Waals surface area (Å²) in [5.74, 6) is -1.52. The molecule has 0 saturated heterocycles. The van der Waals surface area contributed by atoms with E-state index in [-0.39, 0.29) is 29.7 Å². The summed E-state index contributed by atoms with van der Waals surface area (Å²) >= 11 is 0. The quantitative estimate of drug-likeness (QED) is 0.765. The summed E-state index contributed by atoms with van der Waals surface area (Å²) in [7, 11) is 0. The smallest absolute Gasteiger partial charge is 0.307 e. The molecule has 4 nitrogen and oxygen atoms in total. The second-order valence-corrected chi connectivity index (χ2v) is 6.18. The van der Waals surface area contributed by atoms with Gasteiger partial charge in [0.1, 0.15) is 0 Å². The minimum absolute atomic E-state index is 0.0313. The lowest BCUT2D eigenvalue weighted by molar-refractivity contribution is -0.148. The predicted molar refractivity (Wildman–Crippen MR) is 70.4 cm³/mol. The van der Waals surface area contributed by atoms with Gasteiger partial charge in [-0.3, -0.25) is 9.59 Å². The van der Waals surface area contributed by atoms with E-state index in [0.29, 0.717) is 0 Å². The monoisotopic (exact) mass is 263 g/mol. The van der Waals surface area contributed by atoms with Gasteiger partial charge in [-0.1, -0.05) is 31.4 Å². The molecule has 0 aromatic rings. The molecular formula is C15H21NO3. The van der Waals surface area contributed by atoms with Crippen molar-refractivity contribution in [3.8, 4) is 0 Å². The third-order valence-corrected chi connectivity index (χ3v) is 5.00. The highest BCUT2D eigenvalue weighted by Gasteiger charge is 2.51. The lowest BCUT2D eigenvalue weighted by Crippen LogP contribution is -2.45. The van der Waals surface area contributed by atoms with Gasteiger partial charge in [0.2, 0.25) is 5.91 Å². The highest BCUT2D eigenvalue weighted by molar-refractivity contribution is 5.87. The van der Waals surface area contributed by atoms with E-state index >= 15 is 0 Å². The van der Waals surface area contributed by atoms with Crippen molar-refractivity contribution in [2.45, 2.75) is 44.6 Å². The Morgan fingerprint density at radius 3 is 2.26 bits per heavy atom. The second kappa shape index (κ2) is 4.99. The van der Waals surface area contributed by atoms with Crippen LogP contribution in [0, 0.1) is 23.7 Å². The first-order valence-electron chi connectivity index (χ1n) is 7.38. The van der Waals surface area contributed by atoms with Gasteiger partial charge in [0.25, 0.3) is 0 Å². The first-order chi connectivity index (χ1) is 9.16. The Kier molecular flexibility index (Phi) is 3.33. The molecule has 3 aliphatic rings. The molecule has 0 radical (unpaired) electrons. The van der Waals surface area contributed by atoms with Crippen molar-refractivity contribution in [1.82, 2.24) is 5.32 Å². The third-order valence-electron chi connectivity index (χ3n) is 5.00. The maximum absolute atomic E-state index is 12.4. The largest absolute Gasteiger partial charge is 0.481 e. The van der Waals surface area contributed by atoms with Gasteiger partial charge in [-0.2, -0.15) is 0 Å². The molecule has 3 rings (SSSR count). The molecule has 2 saturated carbocycles. The molecule has 2 bridgehead atoms. The van der Waals surface area contributed by atoms with Crippen LogP contribution >= 0.6 is 0 Å². The number of allylic oxidation sites excluding steroid dienone is 2. The van der Waals surface area contributed by atoms with Crippen LogP contribution in [0.5, 0.6) is 0 Å². The molecule has 0 aromatic heterocycles. The lowest BCUT2D eigenvalue weighted by Gasteiger charge is -2.28. The van der Waals surface area contributed by atoms with E-state index < -0.39 is 11.9 Å². The topological polar surface area (TPSA) is 66.4 Å². The molecule has 1 amide bonds. The number of carboxylic acids is 1. The Labute approximate surface area is 113 Å². The van der Waals surface area contributed by atoms with Crippen LogP contribution in [0.25, 0.3) is 0 Å². The highest BCUT2D eigenvalue weighted by Crippen LogP contribution is 2.48. The first kappa shape index (κ1) is 12.7. The van der Waals surface area contributed by atoms with Gasteiger partial charge in [-0.15, -0.1) is 0 Å². The second-order valence-electron chi connectivity index (χ2n) is 6.18. The van der Waals surface area contributed by atoms with Crippen LogP contribution in [0.3, 0.4) is 0 Å². The predicted octanol–water partition coefficient (Wildman–Crippen LogP) is 1.96. The number of fused-ring (bicyclic) bond motifs is 2.